The number of rotatable bonds is 3. The van der Waals surface area contributed by atoms with Crippen LogP contribution in [-0.4, -0.2) is 33.3 Å². The number of benzene rings is 2. The van der Waals surface area contributed by atoms with E-state index < -0.39 is 0 Å². The molecule has 0 fully saturated rings. The summed E-state index contributed by atoms with van der Waals surface area (Å²) >= 11 is 0. The average Bonchev–Trinajstić information content (AvgIpc) is 3.17. The third-order valence-electron chi connectivity index (χ3n) is 4.82. The van der Waals surface area contributed by atoms with Crippen LogP contribution < -0.4 is 5.32 Å². The second-order valence-corrected chi connectivity index (χ2v) is 6.51. The number of methoxy groups -OCH3 is 1. The summed E-state index contributed by atoms with van der Waals surface area (Å²) in [6.45, 7) is 4.18. The summed E-state index contributed by atoms with van der Waals surface area (Å²) in [5, 5.41) is 15.3. The number of aryl methyl sites for hydroxylation is 2. The Hall–Kier alpha value is -3.48. The fourth-order valence-electron chi connectivity index (χ4n) is 3.10. The van der Waals surface area contributed by atoms with Gasteiger partial charge in [0.25, 0.3) is 0 Å². The third kappa shape index (κ3) is 3.08. The lowest BCUT2D eigenvalue weighted by molar-refractivity contribution is 0.0600. The van der Waals surface area contributed by atoms with Crippen LogP contribution in [0.2, 0.25) is 0 Å². The second-order valence-electron chi connectivity index (χ2n) is 6.51. The number of carbonyl (C=O) groups excluding carboxylic acids is 1. The number of hydrogen-bond donors (Lipinski definition) is 1. The largest absolute Gasteiger partial charge is 0.465 e. The fraction of sp³-hybridized carbons (Fsp3) is 0.200. The van der Waals surface area contributed by atoms with Gasteiger partial charge in [0.15, 0.2) is 0 Å². The topological polar surface area (TPSA) is 81.9 Å². The zero-order chi connectivity index (χ0) is 19.0. The number of carbonyl (C=O) groups is 1. The van der Waals surface area contributed by atoms with Crippen molar-refractivity contribution in [3.8, 4) is 0 Å². The number of aromatic nitrogens is 4. The Kier molecular flexibility index (Phi) is 4.19. The number of tetrazole rings is 1. The molecule has 3 aromatic rings. The van der Waals surface area contributed by atoms with Gasteiger partial charge in [-0.3, -0.25) is 0 Å². The quantitative estimate of drug-likeness (QED) is 0.722. The van der Waals surface area contributed by atoms with E-state index in [4.69, 9.17) is 4.74 Å². The molecular weight excluding hydrogens is 342 g/mol. The average molecular weight is 361 g/mol. The maximum atomic E-state index is 11.7. The van der Waals surface area contributed by atoms with Crippen molar-refractivity contribution in [1.29, 1.82) is 0 Å². The predicted molar refractivity (Wildman–Crippen MR) is 101 cm³/mol. The molecule has 1 aliphatic heterocycles. The summed E-state index contributed by atoms with van der Waals surface area (Å²) in [6.07, 6.45) is 2.08. The number of anilines is 1. The zero-order valence-electron chi connectivity index (χ0n) is 15.3. The molecule has 2 aromatic carbocycles. The summed E-state index contributed by atoms with van der Waals surface area (Å²) in [5.41, 5.74) is 5.96. The molecule has 0 spiro atoms. The molecule has 1 aromatic heterocycles. The fourth-order valence-corrected chi connectivity index (χ4v) is 3.10. The van der Waals surface area contributed by atoms with E-state index in [0.717, 1.165) is 16.8 Å². The number of nitrogens with zero attached hydrogens (tertiary/aromatic N) is 4. The molecule has 0 amide bonds. The van der Waals surface area contributed by atoms with Crippen molar-refractivity contribution in [2.24, 2.45) is 0 Å². The Bertz CT molecular complexity index is 1040. The maximum Gasteiger partial charge on any atom is 0.337 e. The van der Waals surface area contributed by atoms with Crippen LogP contribution in [0.4, 0.5) is 5.95 Å². The Morgan fingerprint density at radius 3 is 2.59 bits per heavy atom. The molecule has 0 bridgehead atoms. The highest BCUT2D eigenvalue weighted by atomic mass is 16.5. The van der Waals surface area contributed by atoms with Crippen molar-refractivity contribution in [2.75, 3.05) is 12.4 Å². The monoisotopic (exact) mass is 361 g/mol. The van der Waals surface area contributed by atoms with E-state index in [1.54, 1.807) is 16.8 Å². The standard InChI is InChI=1S/C20H19N5O2/c1-12-4-5-16(10-13(12)2)17-11-18(25-20(21-17)22-23-24-25)14-6-8-15(9-7-14)19(26)27-3/h4-11,18H,1-3H3,(H,21,22,24)/t18-/m1/s1. The Balaban J connectivity index is 1.75. The van der Waals surface area contributed by atoms with Gasteiger partial charge in [-0.1, -0.05) is 29.4 Å². The summed E-state index contributed by atoms with van der Waals surface area (Å²) in [5.74, 6) is 0.217. The summed E-state index contributed by atoms with van der Waals surface area (Å²) in [4.78, 5) is 11.7. The van der Waals surface area contributed by atoms with Crippen molar-refractivity contribution in [1.82, 2.24) is 20.2 Å². The minimum Gasteiger partial charge on any atom is -0.465 e. The number of hydrogen-bond acceptors (Lipinski definition) is 6. The first-order chi connectivity index (χ1) is 13.1. The SMILES string of the molecule is COC(=O)c1ccc([C@H]2C=C(c3ccc(C)c(C)c3)Nc3nnnn32)cc1. The molecule has 7 nitrogen and oxygen atoms in total. The van der Waals surface area contributed by atoms with Gasteiger partial charge in [0, 0.05) is 5.70 Å². The van der Waals surface area contributed by atoms with Crippen LogP contribution in [0.5, 0.6) is 0 Å². The minimum atomic E-state index is -0.360. The van der Waals surface area contributed by atoms with E-state index in [2.05, 4.69) is 59.0 Å². The van der Waals surface area contributed by atoms with Crippen molar-refractivity contribution in [3.63, 3.8) is 0 Å². The molecule has 27 heavy (non-hydrogen) atoms. The van der Waals surface area contributed by atoms with Crippen molar-refractivity contribution in [2.45, 2.75) is 19.9 Å². The molecule has 0 radical (unpaired) electrons. The van der Waals surface area contributed by atoms with Gasteiger partial charge in [-0.15, -0.1) is 0 Å². The van der Waals surface area contributed by atoms with Crippen LogP contribution >= 0.6 is 0 Å². The van der Waals surface area contributed by atoms with Gasteiger partial charge in [-0.2, -0.15) is 4.68 Å². The molecule has 1 aliphatic rings. The van der Waals surface area contributed by atoms with Crippen LogP contribution in [0.15, 0.2) is 48.5 Å². The summed E-state index contributed by atoms with van der Waals surface area (Å²) in [7, 11) is 1.37. The highest BCUT2D eigenvalue weighted by Gasteiger charge is 2.24. The van der Waals surface area contributed by atoms with Crippen LogP contribution in [-0.2, 0) is 4.74 Å². The van der Waals surface area contributed by atoms with E-state index in [1.165, 1.54) is 18.2 Å². The van der Waals surface area contributed by atoms with E-state index in [1.807, 2.05) is 12.1 Å². The molecule has 1 N–H and O–H groups in total. The summed E-state index contributed by atoms with van der Waals surface area (Å²) < 4.78 is 6.48. The molecule has 2 heterocycles. The Labute approximate surface area is 156 Å². The Morgan fingerprint density at radius 2 is 1.89 bits per heavy atom. The van der Waals surface area contributed by atoms with Crippen LogP contribution in [0.1, 0.15) is 38.7 Å². The molecule has 0 aliphatic carbocycles. The number of allylic oxidation sites excluding steroid dienone is 1. The maximum absolute atomic E-state index is 11.7. The van der Waals surface area contributed by atoms with Gasteiger partial charge in [-0.05, 0) is 70.8 Å². The lowest BCUT2D eigenvalue weighted by Gasteiger charge is -2.24. The van der Waals surface area contributed by atoms with Gasteiger partial charge >= 0.3 is 5.97 Å². The van der Waals surface area contributed by atoms with E-state index in [0.29, 0.717) is 11.5 Å². The zero-order valence-corrected chi connectivity index (χ0v) is 15.3. The third-order valence-corrected chi connectivity index (χ3v) is 4.82. The summed E-state index contributed by atoms with van der Waals surface area (Å²) in [6, 6.07) is 13.4. The smallest absolute Gasteiger partial charge is 0.337 e. The normalized spacial score (nSPS) is 15.5. The van der Waals surface area contributed by atoms with Crippen LogP contribution in [0.3, 0.4) is 0 Å². The van der Waals surface area contributed by atoms with E-state index >= 15 is 0 Å². The first kappa shape index (κ1) is 17.0. The number of ether oxygens (including phenoxy) is 1. The lowest BCUT2D eigenvalue weighted by atomic mass is 9.99. The van der Waals surface area contributed by atoms with Gasteiger partial charge in [-0.25, -0.2) is 4.79 Å². The first-order valence-corrected chi connectivity index (χ1v) is 8.59. The number of nitrogens with one attached hydrogen (secondary N) is 1. The molecule has 136 valence electrons. The predicted octanol–water partition coefficient (Wildman–Crippen LogP) is 3.13. The molecule has 4 rings (SSSR count). The van der Waals surface area contributed by atoms with Crippen LogP contribution in [0.25, 0.3) is 5.70 Å². The highest BCUT2D eigenvalue weighted by Crippen LogP contribution is 2.32. The molecule has 0 saturated heterocycles. The van der Waals surface area contributed by atoms with Gasteiger partial charge in [0.2, 0.25) is 5.95 Å². The van der Waals surface area contributed by atoms with E-state index in [-0.39, 0.29) is 12.0 Å². The molecule has 1 atom stereocenters. The van der Waals surface area contributed by atoms with Gasteiger partial charge in [0.1, 0.15) is 6.04 Å². The Morgan fingerprint density at radius 1 is 1.11 bits per heavy atom. The number of esters is 1. The van der Waals surface area contributed by atoms with Crippen molar-refractivity contribution >= 4 is 17.6 Å². The van der Waals surface area contributed by atoms with Crippen molar-refractivity contribution in [3.05, 3.63) is 76.4 Å². The van der Waals surface area contributed by atoms with Crippen LogP contribution in [0, 0.1) is 13.8 Å². The van der Waals surface area contributed by atoms with Crippen molar-refractivity contribution < 1.29 is 9.53 Å². The molecule has 0 saturated carbocycles. The van der Waals surface area contributed by atoms with E-state index in [9.17, 15) is 4.79 Å². The first-order valence-electron chi connectivity index (χ1n) is 8.59. The second kappa shape index (κ2) is 6.68. The highest BCUT2D eigenvalue weighted by molar-refractivity contribution is 5.89. The minimum absolute atomic E-state index is 0.181. The van der Waals surface area contributed by atoms with Gasteiger partial charge in [0.05, 0.1) is 12.7 Å². The molecular formula is C20H19N5O2. The lowest BCUT2D eigenvalue weighted by Crippen LogP contribution is -2.20. The molecule has 7 heteroatoms. The molecule has 0 unspecified atom stereocenters. The van der Waals surface area contributed by atoms with Gasteiger partial charge < -0.3 is 10.1 Å². The number of fused-ring (bicyclic) bond motifs is 1.